The summed E-state index contributed by atoms with van der Waals surface area (Å²) in [5.41, 5.74) is 0.487. The molecule has 0 bridgehead atoms. The number of carbonyl (C=O) groups excluding carboxylic acids is 3. The van der Waals surface area contributed by atoms with Crippen LogP contribution in [0.3, 0.4) is 0 Å². The van der Waals surface area contributed by atoms with Crippen molar-refractivity contribution in [1.29, 1.82) is 0 Å². The van der Waals surface area contributed by atoms with E-state index in [0.29, 0.717) is 12.1 Å². The minimum absolute atomic E-state index is 0.336. The fourth-order valence-electron chi connectivity index (χ4n) is 3.75. The number of nitrogens with zero attached hydrogens (tertiary/aromatic N) is 1. The molecule has 4 amide bonds. The summed E-state index contributed by atoms with van der Waals surface area (Å²) in [4.78, 5) is 40.6. The maximum atomic E-state index is 13.2. The molecule has 2 atom stereocenters. The Balaban J connectivity index is 1.60. The number of imide groups is 1. The summed E-state index contributed by atoms with van der Waals surface area (Å²) >= 11 is 1.61. The number of thiophene rings is 1. The summed E-state index contributed by atoms with van der Waals surface area (Å²) < 4.78 is 0. The fourth-order valence-corrected chi connectivity index (χ4v) is 4.75. The van der Waals surface area contributed by atoms with Crippen molar-refractivity contribution < 1.29 is 14.4 Å². The molecule has 2 aromatic rings. The average molecular weight is 369 g/mol. The molecule has 1 aromatic heterocycles. The van der Waals surface area contributed by atoms with E-state index in [-0.39, 0.29) is 5.91 Å². The highest BCUT2D eigenvalue weighted by Gasteiger charge is 2.56. The van der Waals surface area contributed by atoms with Gasteiger partial charge in [-0.3, -0.25) is 9.59 Å². The van der Waals surface area contributed by atoms with Gasteiger partial charge in [-0.05, 0) is 49.8 Å². The summed E-state index contributed by atoms with van der Waals surface area (Å²) in [5.74, 6) is -0.726. The topological polar surface area (TPSA) is 78.5 Å². The van der Waals surface area contributed by atoms with Gasteiger partial charge in [-0.15, -0.1) is 11.3 Å². The molecule has 4 rings (SSSR count). The Hall–Kier alpha value is -2.67. The zero-order chi connectivity index (χ0) is 18.3. The normalized spacial score (nSPS) is 22.9. The molecular formula is C19H19N3O3S. The number of aryl methyl sites for hydroxylation is 1. The molecule has 1 aliphatic heterocycles. The van der Waals surface area contributed by atoms with Gasteiger partial charge in [0.05, 0.1) is 0 Å². The summed E-state index contributed by atoms with van der Waals surface area (Å²) in [6.45, 7) is 1.58. The van der Waals surface area contributed by atoms with E-state index >= 15 is 0 Å². The molecule has 2 heterocycles. The van der Waals surface area contributed by atoms with E-state index < -0.39 is 23.5 Å². The molecule has 1 aromatic carbocycles. The van der Waals surface area contributed by atoms with Crippen LogP contribution in [-0.2, 0) is 21.5 Å². The van der Waals surface area contributed by atoms with Gasteiger partial charge in [0.15, 0.2) is 0 Å². The highest BCUT2D eigenvalue weighted by molar-refractivity contribution is 7.10. The largest absolute Gasteiger partial charge is 0.326 e. The Morgan fingerprint density at radius 2 is 2.04 bits per heavy atom. The van der Waals surface area contributed by atoms with E-state index in [4.69, 9.17) is 0 Å². The molecule has 0 unspecified atom stereocenters. The number of carbonyl (C=O) groups is 3. The number of benzene rings is 1. The molecule has 7 heteroatoms. The first-order valence-corrected chi connectivity index (χ1v) is 9.49. The number of amides is 4. The van der Waals surface area contributed by atoms with Gasteiger partial charge in [-0.25, -0.2) is 9.69 Å². The predicted molar refractivity (Wildman–Crippen MR) is 98.8 cm³/mol. The monoisotopic (exact) mass is 369 g/mol. The van der Waals surface area contributed by atoms with Gasteiger partial charge >= 0.3 is 6.03 Å². The number of hydrogen-bond acceptors (Lipinski definition) is 4. The number of anilines is 1. The summed E-state index contributed by atoms with van der Waals surface area (Å²) in [6.07, 6.45) is 2.31. The maximum Gasteiger partial charge on any atom is 0.326 e. The van der Waals surface area contributed by atoms with Crippen LogP contribution in [0.5, 0.6) is 0 Å². The average Bonchev–Trinajstić information content (AvgIpc) is 3.20. The van der Waals surface area contributed by atoms with Crippen molar-refractivity contribution in [1.82, 2.24) is 10.2 Å². The van der Waals surface area contributed by atoms with E-state index in [0.717, 1.165) is 28.2 Å². The zero-order valence-electron chi connectivity index (χ0n) is 14.3. The van der Waals surface area contributed by atoms with Crippen LogP contribution in [0.15, 0.2) is 41.8 Å². The van der Waals surface area contributed by atoms with Crippen molar-refractivity contribution >= 4 is 34.9 Å². The number of para-hydroxylation sites is 1. The molecule has 6 nitrogen and oxygen atoms in total. The minimum Gasteiger partial charge on any atom is -0.324 e. The first-order valence-electron chi connectivity index (χ1n) is 8.61. The van der Waals surface area contributed by atoms with Crippen LogP contribution in [0.4, 0.5) is 10.5 Å². The van der Waals surface area contributed by atoms with Crippen LogP contribution in [0.1, 0.15) is 30.2 Å². The Labute approximate surface area is 155 Å². The summed E-state index contributed by atoms with van der Waals surface area (Å²) in [6, 6.07) is 9.49. The molecule has 2 N–H and O–H groups in total. The molecule has 1 fully saturated rings. The van der Waals surface area contributed by atoms with E-state index in [9.17, 15) is 14.4 Å². The Morgan fingerprint density at radius 3 is 2.81 bits per heavy atom. The molecule has 26 heavy (non-hydrogen) atoms. The number of nitrogens with one attached hydrogen (secondary N) is 2. The Morgan fingerprint density at radius 1 is 1.27 bits per heavy atom. The molecular weight excluding hydrogens is 350 g/mol. The summed E-state index contributed by atoms with van der Waals surface area (Å²) in [5, 5.41) is 7.58. The highest BCUT2D eigenvalue weighted by Crippen LogP contribution is 2.42. The van der Waals surface area contributed by atoms with Crippen molar-refractivity contribution in [3.8, 4) is 0 Å². The van der Waals surface area contributed by atoms with Gasteiger partial charge in [-0.2, -0.15) is 0 Å². The van der Waals surface area contributed by atoms with Crippen LogP contribution in [-0.4, -0.2) is 28.8 Å². The number of rotatable bonds is 3. The summed E-state index contributed by atoms with van der Waals surface area (Å²) in [7, 11) is 0. The van der Waals surface area contributed by atoms with Gasteiger partial charge < -0.3 is 10.6 Å². The fraction of sp³-hybridized carbons (Fsp3) is 0.316. The van der Waals surface area contributed by atoms with Gasteiger partial charge in [-0.1, -0.05) is 18.2 Å². The van der Waals surface area contributed by atoms with Gasteiger partial charge in [0.2, 0.25) is 5.91 Å². The quantitative estimate of drug-likeness (QED) is 0.817. The Bertz CT molecular complexity index is 879. The lowest BCUT2D eigenvalue weighted by Crippen LogP contribution is -2.49. The molecule has 1 aliphatic carbocycles. The van der Waals surface area contributed by atoms with Crippen LogP contribution >= 0.6 is 11.3 Å². The van der Waals surface area contributed by atoms with Crippen molar-refractivity contribution in [3.63, 3.8) is 0 Å². The van der Waals surface area contributed by atoms with Crippen molar-refractivity contribution in [2.45, 2.75) is 37.8 Å². The molecule has 134 valence electrons. The SMILES string of the molecule is C[C@H](C(=O)Nc1ccccc1)N1C(=O)N[C@]2(CCCc3sccc32)C1=O. The number of urea groups is 1. The first kappa shape index (κ1) is 16.8. The molecule has 1 saturated heterocycles. The van der Waals surface area contributed by atoms with Crippen LogP contribution < -0.4 is 10.6 Å². The van der Waals surface area contributed by atoms with E-state index in [1.165, 1.54) is 0 Å². The second-order valence-corrected chi connectivity index (χ2v) is 7.65. The van der Waals surface area contributed by atoms with Crippen molar-refractivity contribution in [2.75, 3.05) is 5.32 Å². The minimum atomic E-state index is -1.02. The zero-order valence-corrected chi connectivity index (χ0v) is 15.1. The maximum absolute atomic E-state index is 13.2. The first-order chi connectivity index (χ1) is 12.5. The lowest BCUT2D eigenvalue weighted by molar-refractivity contribution is -0.137. The van der Waals surface area contributed by atoms with Crippen LogP contribution in [0.2, 0.25) is 0 Å². The van der Waals surface area contributed by atoms with E-state index in [1.807, 2.05) is 29.6 Å². The third-order valence-electron chi connectivity index (χ3n) is 5.09. The van der Waals surface area contributed by atoms with E-state index in [1.54, 1.807) is 30.4 Å². The second kappa shape index (κ2) is 6.25. The van der Waals surface area contributed by atoms with Gasteiger partial charge in [0.1, 0.15) is 11.6 Å². The van der Waals surface area contributed by atoms with Crippen molar-refractivity contribution in [2.24, 2.45) is 0 Å². The lowest BCUT2D eigenvalue weighted by Gasteiger charge is -2.31. The number of fused-ring (bicyclic) bond motifs is 2. The van der Waals surface area contributed by atoms with E-state index in [2.05, 4.69) is 10.6 Å². The predicted octanol–water partition coefficient (Wildman–Crippen LogP) is 2.86. The molecule has 2 aliphatic rings. The lowest BCUT2D eigenvalue weighted by atomic mass is 9.80. The van der Waals surface area contributed by atoms with Crippen LogP contribution in [0.25, 0.3) is 0 Å². The number of hydrogen-bond donors (Lipinski definition) is 2. The van der Waals surface area contributed by atoms with Crippen LogP contribution in [0, 0.1) is 0 Å². The third-order valence-corrected chi connectivity index (χ3v) is 6.07. The standard InChI is InChI=1S/C19H19N3O3S/c1-12(16(23)20-13-6-3-2-4-7-13)22-17(24)19(21-18(22)25)10-5-8-15-14(19)9-11-26-15/h2-4,6-7,9,11-12H,5,8,10H2,1H3,(H,20,23)(H,21,25)/t12-,19+/m1/s1. The second-order valence-electron chi connectivity index (χ2n) is 6.65. The smallest absolute Gasteiger partial charge is 0.324 e. The molecule has 0 saturated carbocycles. The van der Waals surface area contributed by atoms with Gasteiger partial charge in [0, 0.05) is 16.1 Å². The highest BCUT2D eigenvalue weighted by atomic mass is 32.1. The third kappa shape index (κ3) is 2.50. The van der Waals surface area contributed by atoms with Crippen molar-refractivity contribution in [3.05, 3.63) is 52.2 Å². The van der Waals surface area contributed by atoms with Gasteiger partial charge in [0.25, 0.3) is 5.91 Å². The molecule has 1 spiro atoms. The molecule has 0 radical (unpaired) electrons. The Kier molecular flexibility index (Phi) is 4.03.